The lowest BCUT2D eigenvalue weighted by Crippen LogP contribution is -2.02. The molecule has 0 aliphatic carbocycles. The number of hydrogen-bond acceptors (Lipinski definition) is 3. The molecule has 0 spiro atoms. The molecule has 0 aromatic carbocycles. The second-order valence-electron chi connectivity index (χ2n) is 2.50. The monoisotopic (exact) mass is 230 g/mol. The zero-order valence-corrected chi connectivity index (χ0v) is 11.4. The number of aryl methyl sites for hydroxylation is 1. The van der Waals surface area contributed by atoms with E-state index in [1.807, 2.05) is 40.8 Å². The average molecular weight is 230 g/mol. The molecule has 1 N–H and O–H groups in total. The van der Waals surface area contributed by atoms with Gasteiger partial charge in [0, 0.05) is 11.8 Å². The van der Waals surface area contributed by atoms with Crippen molar-refractivity contribution in [3.05, 3.63) is 11.8 Å². The summed E-state index contributed by atoms with van der Waals surface area (Å²) in [5.41, 5.74) is 1.07. The molecule has 0 aliphatic heterocycles. The van der Waals surface area contributed by atoms with Gasteiger partial charge < -0.3 is 9.84 Å². The van der Waals surface area contributed by atoms with Crippen LogP contribution >= 0.6 is 0 Å². The highest BCUT2D eigenvalue weighted by Gasteiger charge is 2.05. The van der Waals surface area contributed by atoms with Crippen molar-refractivity contribution >= 4 is 0 Å². The minimum absolute atomic E-state index is 0.105. The van der Waals surface area contributed by atoms with Crippen LogP contribution in [0.2, 0.25) is 0 Å². The van der Waals surface area contributed by atoms with Crippen molar-refractivity contribution in [2.24, 2.45) is 0 Å². The fourth-order valence-corrected chi connectivity index (χ4v) is 1.08. The Morgan fingerprint density at radius 3 is 2.19 bits per heavy atom. The van der Waals surface area contributed by atoms with Crippen LogP contribution in [-0.2, 0) is 13.0 Å². The molecule has 0 saturated carbocycles. The Bertz CT molecular complexity index is 226. The highest BCUT2D eigenvalue weighted by molar-refractivity contribution is 5.22. The Labute approximate surface area is 99.2 Å². The van der Waals surface area contributed by atoms with E-state index in [2.05, 4.69) is 5.10 Å². The lowest BCUT2D eigenvalue weighted by Gasteiger charge is -1.95. The molecule has 1 rings (SSSR count). The third-order valence-corrected chi connectivity index (χ3v) is 1.70. The molecule has 0 saturated heterocycles. The third kappa shape index (κ3) is 5.75. The third-order valence-electron chi connectivity index (χ3n) is 1.70. The van der Waals surface area contributed by atoms with E-state index in [9.17, 15) is 0 Å². The van der Waals surface area contributed by atoms with E-state index in [1.165, 1.54) is 0 Å². The fourth-order valence-electron chi connectivity index (χ4n) is 1.08. The first-order chi connectivity index (χ1) is 7.81. The summed E-state index contributed by atoms with van der Waals surface area (Å²) < 4.78 is 6.74. The molecule has 0 unspecified atom stereocenters. The van der Waals surface area contributed by atoms with Gasteiger partial charge >= 0.3 is 0 Å². The van der Waals surface area contributed by atoms with Gasteiger partial charge in [-0.25, -0.2) is 0 Å². The quantitative estimate of drug-likeness (QED) is 0.864. The Balaban J connectivity index is 0. The van der Waals surface area contributed by atoms with Crippen LogP contribution in [0.15, 0.2) is 6.20 Å². The van der Waals surface area contributed by atoms with Gasteiger partial charge in [0.2, 0.25) is 5.88 Å². The Morgan fingerprint density at radius 1 is 1.31 bits per heavy atom. The van der Waals surface area contributed by atoms with Crippen molar-refractivity contribution in [2.75, 3.05) is 13.7 Å². The highest BCUT2D eigenvalue weighted by atomic mass is 16.5. The Kier molecular flexibility index (Phi) is 13.1. The second kappa shape index (κ2) is 12.0. The van der Waals surface area contributed by atoms with E-state index in [0.29, 0.717) is 12.4 Å². The number of hydrogen-bond donors (Lipinski definition) is 1. The summed E-state index contributed by atoms with van der Waals surface area (Å²) in [4.78, 5) is 0. The number of aliphatic hydroxyl groups is 1. The molecular weight excluding hydrogens is 204 g/mol. The van der Waals surface area contributed by atoms with Crippen LogP contribution in [0.25, 0.3) is 0 Å². The number of ether oxygens (including phenoxy) is 1. The van der Waals surface area contributed by atoms with E-state index in [-0.39, 0.29) is 6.61 Å². The summed E-state index contributed by atoms with van der Waals surface area (Å²) in [6, 6.07) is 0. The summed E-state index contributed by atoms with van der Waals surface area (Å²) in [5.74, 6) is 0.658. The maximum Gasteiger partial charge on any atom is 0.235 e. The first-order valence-electron chi connectivity index (χ1n) is 6.03. The maximum absolute atomic E-state index is 8.66. The van der Waals surface area contributed by atoms with Crippen LogP contribution in [0.3, 0.4) is 0 Å². The lowest BCUT2D eigenvalue weighted by molar-refractivity contribution is 0.267. The van der Waals surface area contributed by atoms with Gasteiger partial charge in [-0.1, -0.05) is 34.6 Å². The molecule has 0 atom stereocenters. The number of aliphatic hydroxyl groups excluding tert-OH is 1. The topological polar surface area (TPSA) is 47.3 Å². The molecule has 0 fully saturated rings. The summed E-state index contributed by atoms with van der Waals surface area (Å²) in [5, 5.41) is 12.8. The molecule has 0 bridgehead atoms. The molecule has 1 aromatic rings. The van der Waals surface area contributed by atoms with E-state index >= 15 is 0 Å². The van der Waals surface area contributed by atoms with Gasteiger partial charge in [0.1, 0.15) is 0 Å². The first kappa shape index (κ1) is 17.4. The number of aromatic nitrogens is 2. The van der Waals surface area contributed by atoms with Crippen LogP contribution in [0.5, 0.6) is 5.88 Å². The summed E-state index contributed by atoms with van der Waals surface area (Å²) in [6.07, 6.45) is 2.80. The molecule has 96 valence electrons. The molecule has 16 heavy (non-hydrogen) atoms. The van der Waals surface area contributed by atoms with Crippen molar-refractivity contribution in [3.63, 3.8) is 0 Å². The Hall–Kier alpha value is -1.03. The van der Waals surface area contributed by atoms with E-state index in [0.717, 1.165) is 12.0 Å². The van der Waals surface area contributed by atoms with Gasteiger partial charge in [-0.05, 0) is 6.42 Å². The predicted octanol–water partition coefficient (Wildman–Crippen LogP) is 2.50. The second-order valence-corrected chi connectivity index (χ2v) is 2.50. The Morgan fingerprint density at radius 2 is 1.88 bits per heavy atom. The summed E-state index contributed by atoms with van der Waals surface area (Å²) in [6.45, 7) is 10.7. The summed E-state index contributed by atoms with van der Waals surface area (Å²) >= 11 is 0. The molecule has 0 radical (unpaired) electrons. The zero-order chi connectivity index (χ0) is 13.0. The van der Waals surface area contributed by atoms with E-state index in [4.69, 9.17) is 9.84 Å². The molecule has 4 nitrogen and oxygen atoms in total. The molecule has 1 aromatic heterocycles. The van der Waals surface area contributed by atoms with Crippen LogP contribution in [0.1, 0.15) is 40.2 Å². The van der Waals surface area contributed by atoms with Crippen molar-refractivity contribution in [2.45, 2.75) is 47.6 Å². The smallest absolute Gasteiger partial charge is 0.235 e. The maximum atomic E-state index is 8.66. The molecule has 1 heterocycles. The molecular formula is C12H26N2O2. The molecule has 0 aliphatic rings. The van der Waals surface area contributed by atoms with Gasteiger partial charge in [-0.2, -0.15) is 0 Å². The lowest BCUT2D eigenvalue weighted by atomic mass is 10.3. The van der Waals surface area contributed by atoms with Crippen molar-refractivity contribution in [1.29, 1.82) is 0 Å². The van der Waals surface area contributed by atoms with E-state index < -0.39 is 0 Å². The van der Waals surface area contributed by atoms with Gasteiger partial charge in [-0.15, -0.1) is 5.10 Å². The van der Waals surface area contributed by atoms with Crippen LogP contribution in [0.4, 0.5) is 0 Å². The number of methoxy groups -OCH3 is 1. The number of nitrogens with zero attached hydrogens (tertiary/aromatic N) is 2. The minimum atomic E-state index is 0.105. The normalized spacial score (nSPS) is 8.44. The SMILES string of the molecule is CC.CC.CCc1cn(CCO)nc1OC. The van der Waals surface area contributed by atoms with Gasteiger partial charge in [0.15, 0.2) is 0 Å². The average Bonchev–Trinajstić information content (AvgIpc) is 2.77. The first-order valence-corrected chi connectivity index (χ1v) is 6.03. The van der Waals surface area contributed by atoms with Crippen molar-refractivity contribution in [1.82, 2.24) is 9.78 Å². The minimum Gasteiger partial charge on any atom is -0.480 e. The van der Waals surface area contributed by atoms with Gasteiger partial charge in [0.05, 0.1) is 20.3 Å². The van der Waals surface area contributed by atoms with Crippen molar-refractivity contribution < 1.29 is 9.84 Å². The fraction of sp³-hybridized carbons (Fsp3) is 0.750. The largest absolute Gasteiger partial charge is 0.480 e. The zero-order valence-electron chi connectivity index (χ0n) is 11.4. The standard InChI is InChI=1S/C8H14N2O2.2C2H6/c1-3-7-6-10(4-5-11)9-8(7)12-2;2*1-2/h6,11H,3-5H2,1-2H3;2*1-2H3. The summed E-state index contributed by atoms with van der Waals surface area (Å²) in [7, 11) is 1.60. The highest BCUT2D eigenvalue weighted by Crippen LogP contribution is 2.15. The van der Waals surface area contributed by atoms with Gasteiger partial charge in [-0.3, -0.25) is 4.68 Å². The van der Waals surface area contributed by atoms with Crippen LogP contribution in [-0.4, -0.2) is 28.6 Å². The van der Waals surface area contributed by atoms with Gasteiger partial charge in [0.25, 0.3) is 0 Å². The van der Waals surface area contributed by atoms with Crippen LogP contribution < -0.4 is 4.74 Å². The predicted molar refractivity (Wildman–Crippen MR) is 67.9 cm³/mol. The number of rotatable bonds is 4. The van der Waals surface area contributed by atoms with Crippen molar-refractivity contribution in [3.8, 4) is 5.88 Å². The molecule has 4 heteroatoms. The molecule has 0 amide bonds. The van der Waals surface area contributed by atoms with E-state index in [1.54, 1.807) is 11.8 Å². The van der Waals surface area contributed by atoms with Crippen LogP contribution in [0, 0.1) is 0 Å².